The van der Waals surface area contributed by atoms with Gasteiger partial charge >= 0.3 is 0 Å². The summed E-state index contributed by atoms with van der Waals surface area (Å²) in [5, 5.41) is 13.2. The van der Waals surface area contributed by atoms with Crippen LogP contribution in [0.15, 0.2) is 54.9 Å². The fraction of sp³-hybridized carbons (Fsp3) is 0.0667. The van der Waals surface area contributed by atoms with Crippen LogP contribution in [-0.2, 0) is 11.3 Å². The summed E-state index contributed by atoms with van der Waals surface area (Å²) >= 11 is 0. The molecule has 3 rings (SSSR count). The van der Waals surface area contributed by atoms with E-state index in [4.69, 9.17) is 4.74 Å². The van der Waals surface area contributed by atoms with E-state index < -0.39 is 0 Å². The zero-order valence-corrected chi connectivity index (χ0v) is 11.9. The number of aromatic nitrogens is 4. The molecular weight excluding hydrogens is 301 g/mol. The second kappa shape index (κ2) is 6.65. The van der Waals surface area contributed by atoms with E-state index in [1.165, 1.54) is 23.1 Å². The third-order valence-corrected chi connectivity index (χ3v) is 2.87. The van der Waals surface area contributed by atoms with E-state index in [0.717, 1.165) is 0 Å². The molecule has 0 spiro atoms. The molecule has 8 heteroatoms. The van der Waals surface area contributed by atoms with Crippen molar-refractivity contribution in [3.8, 4) is 11.5 Å². The molecule has 0 radical (unpaired) electrons. The number of tetrazole rings is 1. The first-order chi connectivity index (χ1) is 11.2. The van der Waals surface area contributed by atoms with Crippen LogP contribution in [0.2, 0.25) is 0 Å². The van der Waals surface area contributed by atoms with Gasteiger partial charge in [-0.15, -0.1) is 5.10 Å². The molecule has 1 N–H and O–H groups in total. The zero-order chi connectivity index (χ0) is 16.1. The number of benzene rings is 2. The average molecular weight is 313 g/mol. The molecule has 1 aromatic heterocycles. The molecular formula is C15H12FN5O2. The topological polar surface area (TPSA) is 81.9 Å². The van der Waals surface area contributed by atoms with Crippen LogP contribution in [0.5, 0.6) is 11.5 Å². The van der Waals surface area contributed by atoms with Crippen LogP contribution in [0.1, 0.15) is 0 Å². The van der Waals surface area contributed by atoms with E-state index in [2.05, 4.69) is 20.8 Å². The first kappa shape index (κ1) is 14.6. The van der Waals surface area contributed by atoms with Gasteiger partial charge in [-0.05, 0) is 46.8 Å². The van der Waals surface area contributed by atoms with E-state index >= 15 is 0 Å². The van der Waals surface area contributed by atoms with Gasteiger partial charge in [0.15, 0.2) is 0 Å². The lowest BCUT2D eigenvalue weighted by molar-refractivity contribution is -0.116. The zero-order valence-electron chi connectivity index (χ0n) is 11.9. The molecule has 116 valence electrons. The van der Waals surface area contributed by atoms with Crippen LogP contribution >= 0.6 is 0 Å². The van der Waals surface area contributed by atoms with E-state index in [1.807, 2.05) is 0 Å². The van der Waals surface area contributed by atoms with Crippen LogP contribution in [-0.4, -0.2) is 26.1 Å². The first-order valence-corrected chi connectivity index (χ1v) is 6.73. The number of hydrogen-bond donors (Lipinski definition) is 1. The molecule has 0 atom stereocenters. The van der Waals surface area contributed by atoms with Crippen LogP contribution < -0.4 is 10.1 Å². The molecule has 1 heterocycles. The number of amides is 1. The Labute approximate surface area is 130 Å². The molecule has 1 amide bonds. The molecule has 3 aromatic rings. The van der Waals surface area contributed by atoms with E-state index in [1.54, 1.807) is 36.4 Å². The number of ether oxygens (including phenoxy) is 1. The molecule has 0 saturated carbocycles. The van der Waals surface area contributed by atoms with E-state index in [-0.39, 0.29) is 18.3 Å². The van der Waals surface area contributed by atoms with Gasteiger partial charge in [0, 0.05) is 11.8 Å². The third-order valence-electron chi connectivity index (χ3n) is 2.87. The number of halogens is 1. The number of carbonyl (C=O) groups excluding carboxylic acids is 1. The summed E-state index contributed by atoms with van der Waals surface area (Å²) in [7, 11) is 0. The number of carbonyl (C=O) groups is 1. The van der Waals surface area contributed by atoms with Gasteiger partial charge in [-0.25, -0.2) is 9.07 Å². The molecule has 0 fully saturated rings. The number of nitrogens with zero attached hydrogens (tertiary/aromatic N) is 4. The third kappa shape index (κ3) is 4.10. The molecule has 23 heavy (non-hydrogen) atoms. The lowest BCUT2D eigenvalue weighted by atomic mass is 10.3. The van der Waals surface area contributed by atoms with Crippen LogP contribution in [0.4, 0.5) is 10.1 Å². The van der Waals surface area contributed by atoms with Crippen molar-refractivity contribution >= 4 is 11.6 Å². The van der Waals surface area contributed by atoms with Gasteiger partial charge in [0.05, 0.1) is 0 Å². The summed E-state index contributed by atoms with van der Waals surface area (Å²) in [5.41, 5.74) is 0.606. The van der Waals surface area contributed by atoms with Gasteiger partial charge < -0.3 is 10.1 Å². The highest BCUT2D eigenvalue weighted by atomic mass is 19.1. The molecule has 0 aliphatic heterocycles. The van der Waals surface area contributed by atoms with Crippen LogP contribution in [0.3, 0.4) is 0 Å². The Balaban J connectivity index is 1.59. The fourth-order valence-electron chi connectivity index (χ4n) is 1.87. The molecule has 0 aliphatic carbocycles. The lowest BCUT2D eigenvalue weighted by Gasteiger charge is -2.08. The number of rotatable bonds is 5. The summed E-state index contributed by atoms with van der Waals surface area (Å²) in [5.74, 6) is 0.319. The first-order valence-electron chi connectivity index (χ1n) is 6.73. The molecule has 7 nitrogen and oxygen atoms in total. The number of anilines is 1. The van der Waals surface area contributed by atoms with Crippen molar-refractivity contribution in [2.45, 2.75) is 6.54 Å². The van der Waals surface area contributed by atoms with Gasteiger partial charge in [-0.2, -0.15) is 0 Å². The molecule has 0 saturated heterocycles. The molecule has 0 unspecified atom stereocenters. The summed E-state index contributed by atoms with van der Waals surface area (Å²) in [4.78, 5) is 11.8. The maximum absolute atomic E-state index is 13.1. The highest BCUT2D eigenvalue weighted by molar-refractivity contribution is 5.90. The predicted octanol–water partition coefficient (Wildman–Crippen LogP) is 2.24. The van der Waals surface area contributed by atoms with Crippen molar-refractivity contribution < 1.29 is 13.9 Å². The number of hydrogen-bond acceptors (Lipinski definition) is 5. The summed E-state index contributed by atoms with van der Waals surface area (Å²) in [6, 6.07) is 12.6. The minimum Gasteiger partial charge on any atom is -0.457 e. The molecule has 0 bridgehead atoms. The van der Waals surface area contributed by atoms with Crippen molar-refractivity contribution in [1.82, 2.24) is 20.2 Å². The van der Waals surface area contributed by atoms with Crippen molar-refractivity contribution in [3.05, 3.63) is 60.7 Å². The summed E-state index contributed by atoms with van der Waals surface area (Å²) < 4.78 is 19.9. The van der Waals surface area contributed by atoms with Crippen molar-refractivity contribution in [2.24, 2.45) is 0 Å². The second-order valence-corrected chi connectivity index (χ2v) is 4.64. The van der Waals surface area contributed by atoms with Crippen LogP contribution in [0, 0.1) is 5.82 Å². The maximum Gasteiger partial charge on any atom is 0.246 e. The Bertz CT molecular complexity index is 790. The number of nitrogens with one attached hydrogen (secondary N) is 1. The second-order valence-electron chi connectivity index (χ2n) is 4.64. The highest BCUT2D eigenvalue weighted by Crippen LogP contribution is 2.23. The quantitative estimate of drug-likeness (QED) is 0.781. The Kier molecular flexibility index (Phi) is 4.23. The Hall–Kier alpha value is -3.29. The van der Waals surface area contributed by atoms with Gasteiger partial charge in [0.2, 0.25) is 5.91 Å². The van der Waals surface area contributed by atoms with Crippen molar-refractivity contribution in [3.63, 3.8) is 0 Å². The van der Waals surface area contributed by atoms with E-state index in [9.17, 15) is 9.18 Å². The average Bonchev–Trinajstić information content (AvgIpc) is 3.02. The smallest absolute Gasteiger partial charge is 0.246 e. The van der Waals surface area contributed by atoms with Gasteiger partial charge in [-0.3, -0.25) is 4.79 Å². The van der Waals surface area contributed by atoms with E-state index in [0.29, 0.717) is 17.2 Å². The SMILES string of the molecule is O=C(Cn1cnnn1)Nc1ccc(Oc2cccc(F)c2)cc1. The minimum atomic E-state index is -0.367. The standard InChI is InChI=1S/C15H12FN5O2/c16-11-2-1-3-14(8-11)23-13-6-4-12(5-7-13)18-15(22)9-21-10-17-19-20-21/h1-8,10H,9H2,(H,18,22). The van der Waals surface area contributed by atoms with Crippen LogP contribution in [0.25, 0.3) is 0 Å². The van der Waals surface area contributed by atoms with Gasteiger partial charge in [-0.1, -0.05) is 6.07 Å². The minimum absolute atomic E-state index is 0.0224. The predicted molar refractivity (Wildman–Crippen MR) is 79.4 cm³/mol. The summed E-state index contributed by atoms with van der Waals surface area (Å²) in [6.45, 7) is 0.0224. The Morgan fingerprint density at radius 2 is 2.00 bits per heavy atom. The fourth-order valence-corrected chi connectivity index (χ4v) is 1.87. The maximum atomic E-state index is 13.1. The monoisotopic (exact) mass is 313 g/mol. The Morgan fingerprint density at radius 1 is 1.17 bits per heavy atom. The van der Waals surface area contributed by atoms with Crippen molar-refractivity contribution in [2.75, 3.05) is 5.32 Å². The highest BCUT2D eigenvalue weighted by Gasteiger charge is 2.05. The van der Waals surface area contributed by atoms with Crippen molar-refractivity contribution in [1.29, 1.82) is 0 Å². The molecule has 0 aliphatic rings. The lowest BCUT2D eigenvalue weighted by Crippen LogP contribution is -2.19. The Morgan fingerprint density at radius 3 is 2.70 bits per heavy atom. The van der Waals surface area contributed by atoms with Gasteiger partial charge in [0.25, 0.3) is 0 Å². The van der Waals surface area contributed by atoms with Gasteiger partial charge in [0.1, 0.15) is 30.2 Å². The largest absolute Gasteiger partial charge is 0.457 e. The molecule has 2 aromatic carbocycles. The normalized spacial score (nSPS) is 10.3. The summed E-state index contributed by atoms with van der Waals surface area (Å²) in [6.07, 6.45) is 1.36.